The molecule has 1 amide bonds. The number of halogens is 2. The summed E-state index contributed by atoms with van der Waals surface area (Å²) in [6.45, 7) is 7.85. The minimum atomic E-state index is 0. The van der Waals surface area contributed by atoms with Crippen molar-refractivity contribution in [1.29, 1.82) is 0 Å². The summed E-state index contributed by atoms with van der Waals surface area (Å²) in [6, 6.07) is 3.90. The Hall–Kier alpha value is -1.09. The topological polar surface area (TPSA) is 78.4 Å². The van der Waals surface area contributed by atoms with Crippen LogP contribution < -0.4 is 16.0 Å². The van der Waals surface area contributed by atoms with E-state index < -0.39 is 0 Å². The van der Waals surface area contributed by atoms with E-state index in [1.165, 1.54) is 0 Å². The first-order valence-corrected chi connectivity index (χ1v) is 8.31. The van der Waals surface area contributed by atoms with E-state index in [9.17, 15) is 4.79 Å². The van der Waals surface area contributed by atoms with Crippen molar-refractivity contribution < 1.29 is 4.79 Å². The van der Waals surface area contributed by atoms with Crippen molar-refractivity contribution in [2.75, 3.05) is 19.6 Å². The zero-order chi connectivity index (χ0) is 17.1. The number of hydrogen-bond acceptors (Lipinski definition) is 3. The number of nitrogens with zero attached hydrogens (tertiary/aromatic N) is 2. The molecule has 6 nitrogen and oxygen atoms in total. The van der Waals surface area contributed by atoms with Crippen LogP contribution in [-0.4, -0.2) is 42.5 Å². The SMILES string of the molecule is CCNC(=NCCC(=O)NC(C)C)NCCc1ccc(Cl)nc1.I. The average molecular weight is 468 g/mol. The van der Waals surface area contributed by atoms with Crippen LogP contribution in [0, 0.1) is 0 Å². The molecule has 136 valence electrons. The molecule has 0 fully saturated rings. The highest BCUT2D eigenvalue weighted by Crippen LogP contribution is 2.05. The Morgan fingerprint density at radius 3 is 2.67 bits per heavy atom. The lowest BCUT2D eigenvalue weighted by Gasteiger charge is -2.11. The predicted octanol–water partition coefficient (Wildman–Crippen LogP) is 2.37. The number of nitrogens with one attached hydrogen (secondary N) is 3. The maximum absolute atomic E-state index is 11.6. The molecule has 24 heavy (non-hydrogen) atoms. The highest BCUT2D eigenvalue weighted by atomic mass is 127. The van der Waals surface area contributed by atoms with E-state index in [2.05, 4.69) is 25.9 Å². The molecule has 0 radical (unpaired) electrons. The van der Waals surface area contributed by atoms with Crippen LogP contribution in [-0.2, 0) is 11.2 Å². The Morgan fingerprint density at radius 1 is 1.33 bits per heavy atom. The number of rotatable bonds is 8. The molecule has 0 aliphatic heterocycles. The summed E-state index contributed by atoms with van der Waals surface area (Å²) in [5, 5.41) is 9.76. The third-order valence-corrected chi connectivity index (χ3v) is 3.12. The Labute approximate surface area is 166 Å². The Bertz CT molecular complexity index is 508. The van der Waals surface area contributed by atoms with Gasteiger partial charge in [-0.15, -0.1) is 24.0 Å². The van der Waals surface area contributed by atoms with Gasteiger partial charge in [-0.3, -0.25) is 9.79 Å². The third kappa shape index (κ3) is 10.6. The van der Waals surface area contributed by atoms with Crippen molar-refractivity contribution in [3.8, 4) is 0 Å². The minimum absolute atomic E-state index is 0. The first-order chi connectivity index (χ1) is 11.0. The third-order valence-electron chi connectivity index (χ3n) is 2.90. The van der Waals surface area contributed by atoms with E-state index in [0.29, 0.717) is 24.1 Å². The van der Waals surface area contributed by atoms with Crippen molar-refractivity contribution in [1.82, 2.24) is 20.9 Å². The van der Waals surface area contributed by atoms with Gasteiger partial charge in [0.15, 0.2) is 5.96 Å². The molecule has 0 saturated heterocycles. The number of aliphatic imine (C=N–C) groups is 1. The maximum Gasteiger partial charge on any atom is 0.222 e. The van der Waals surface area contributed by atoms with Gasteiger partial charge < -0.3 is 16.0 Å². The molecule has 0 aliphatic carbocycles. The van der Waals surface area contributed by atoms with Crippen LogP contribution in [0.25, 0.3) is 0 Å². The largest absolute Gasteiger partial charge is 0.357 e. The highest BCUT2D eigenvalue weighted by molar-refractivity contribution is 14.0. The molecule has 0 aliphatic rings. The van der Waals surface area contributed by atoms with Gasteiger partial charge in [0.2, 0.25) is 5.91 Å². The zero-order valence-electron chi connectivity index (χ0n) is 14.4. The van der Waals surface area contributed by atoms with Gasteiger partial charge in [0, 0.05) is 31.7 Å². The summed E-state index contributed by atoms with van der Waals surface area (Å²) in [5.41, 5.74) is 1.11. The zero-order valence-corrected chi connectivity index (χ0v) is 17.5. The Kier molecular flexibility index (Phi) is 12.6. The second-order valence-corrected chi connectivity index (χ2v) is 5.79. The van der Waals surface area contributed by atoms with E-state index in [0.717, 1.165) is 25.1 Å². The molecule has 0 saturated carbocycles. The van der Waals surface area contributed by atoms with Crippen LogP contribution in [0.1, 0.15) is 32.8 Å². The molecule has 0 unspecified atom stereocenters. The fraction of sp³-hybridized carbons (Fsp3) is 0.562. The number of hydrogen-bond donors (Lipinski definition) is 3. The van der Waals surface area contributed by atoms with E-state index in [4.69, 9.17) is 11.6 Å². The van der Waals surface area contributed by atoms with Crippen LogP contribution in [0.15, 0.2) is 23.3 Å². The standard InChI is InChI=1S/C16H26ClN5O.HI/c1-4-18-16(20-10-8-15(23)22-12(2)3)19-9-7-13-5-6-14(17)21-11-13;/h5-6,11-12H,4,7-10H2,1-3H3,(H,22,23)(H2,18,19,20);1H. The first kappa shape index (κ1) is 22.9. The first-order valence-electron chi connectivity index (χ1n) is 7.93. The monoisotopic (exact) mass is 467 g/mol. The van der Waals surface area contributed by atoms with Gasteiger partial charge in [0.1, 0.15) is 5.15 Å². The van der Waals surface area contributed by atoms with Crippen LogP contribution >= 0.6 is 35.6 Å². The summed E-state index contributed by atoms with van der Waals surface area (Å²) in [5.74, 6) is 0.735. The molecule has 0 aromatic carbocycles. The summed E-state index contributed by atoms with van der Waals surface area (Å²) in [4.78, 5) is 20.0. The molecule has 0 atom stereocenters. The van der Waals surface area contributed by atoms with E-state index in [1.807, 2.05) is 26.8 Å². The van der Waals surface area contributed by atoms with Gasteiger partial charge in [0.25, 0.3) is 0 Å². The normalized spacial score (nSPS) is 11.0. The summed E-state index contributed by atoms with van der Waals surface area (Å²) < 4.78 is 0. The Balaban J connectivity index is 0.00000529. The smallest absolute Gasteiger partial charge is 0.222 e. The lowest BCUT2D eigenvalue weighted by atomic mass is 10.2. The fourth-order valence-electron chi connectivity index (χ4n) is 1.88. The van der Waals surface area contributed by atoms with Crippen molar-refractivity contribution in [3.63, 3.8) is 0 Å². The van der Waals surface area contributed by atoms with E-state index in [1.54, 1.807) is 12.3 Å². The number of guanidine groups is 1. The number of aromatic nitrogens is 1. The van der Waals surface area contributed by atoms with Crippen LogP contribution in [0.5, 0.6) is 0 Å². The number of amides is 1. The quantitative estimate of drug-likeness (QED) is 0.237. The van der Waals surface area contributed by atoms with E-state index >= 15 is 0 Å². The number of pyridine rings is 1. The van der Waals surface area contributed by atoms with Gasteiger partial charge in [-0.2, -0.15) is 0 Å². The molecular weight excluding hydrogens is 441 g/mol. The minimum Gasteiger partial charge on any atom is -0.357 e. The van der Waals surface area contributed by atoms with Gasteiger partial charge in [0.05, 0.1) is 6.54 Å². The summed E-state index contributed by atoms with van der Waals surface area (Å²) >= 11 is 5.76. The van der Waals surface area contributed by atoms with Crippen LogP contribution in [0.2, 0.25) is 5.15 Å². The van der Waals surface area contributed by atoms with Crippen LogP contribution in [0.3, 0.4) is 0 Å². The molecule has 1 aromatic heterocycles. The van der Waals surface area contributed by atoms with Gasteiger partial charge in [-0.05, 0) is 38.8 Å². The van der Waals surface area contributed by atoms with Crippen molar-refractivity contribution in [2.45, 2.75) is 39.7 Å². The predicted molar refractivity (Wildman–Crippen MR) is 110 cm³/mol. The molecule has 1 heterocycles. The highest BCUT2D eigenvalue weighted by Gasteiger charge is 2.03. The van der Waals surface area contributed by atoms with E-state index in [-0.39, 0.29) is 35.9 Å². The fourth-order valence-corrected chi connectivity index (χ4v) is 2.00. The maximum atomic E-state index is 11.6. The average Bonchev–Trinajstić information content (AvgIpc) is 2.48. The van der Waals surface area contributed by atoms with Crippen molar-refractivity contribution >= 4 is 47.4 Å². The molecule has 0 spiro atoms. The molecule has 8 heteroatoms. The number of carbonyl (C=O) groups excluding carboxylic acids is 1. The Morgan fingerprint density at radius 2 is 2.08 bits per heavy atom. The van der Waals surface area contributed by atoms with Gasteiger partial charge in [-0.1, -0.05) is 17.7 Å². The summed E-state index contributed by atoms with van der Waals surface area (Å²) in [6.07, 6.45) is 2.97. The molecular formula is C16H27ClIN5O. The lowest BCUT2D eigenvalue weighted by molar-refractivity contribution is -0.121. The van der Waals surface area contributed by atoms with Crippen molar-refractivity contribution in [3.05, 3.63) is 29.0 Å². The molecule has 0 bridgehead atoms. The number of carbonyl (C=O) groups is 1. The van der Waals surface area contributed by atoms with Gasteiger partial charge in [-0.25, -0.2) is 4.98 Å². The second-order valence-electron chi connectivity index (χ2n) is 5.40. The summed E-state index contributed by atoms with van der Waals surface area (Å²) in [7, 11) is 0. The molecule has 1 aromatic rings. The molecule has 3 N–H and O–H groups in total. The second kappa shape index (κ2) is 13.2. The van der Waals surface area contributed by atoms with Gasteiger partial charge >= 0.3 is 0 Å². The molecule has 1 rings (SSSR count). The lowest BCUT2D eigenvalue weighted by Crippen LogP contribution is -2.38. The van der Waals surface area contributed by atoms with Crippen molar-refractivity contribution in [2.24, 2.45) is 4.99 Å². The van der Waals surface area contributed by atoms with Crippen LogP contribution in [0.4, 0.5) is 0 Å².